The van der Waals surface area contributed by atoms with Crippen LogP contribution in [0.15, 0.2) is 48.5 Å². The lowest BCUT2D eigenvalue weighted by atomic mass is 9.73. The number of hydrogen-bond acceptors (Lipinski definition) is 4. The second-order valence-electron chi connectivity index (χ2n) is 11.5. The highest BCUT2D eigenvalue weighted by molar-refractivity contribution is 5.83. The average molecular weight is 507 g/mol. The summed E-state index contributed by atoms with van der Waals surface area (Å²) < 4.78 is 12.0. The zero-order chi connectivity index (χ0) is 26.1. The Labute approximate surface area is 223 Å². The van der Waals surface area contributed by atoms with E-state index in [0.29, 0.717) is 12.5 Å². The molecule has 0 aromatic heterocycles. The topological polar surface area (TPSA) is 50.8 Å². The zero-order valence-electron chi connectivity index (χ0n) is 23.1. The van der Waals surface area contributed by atoms with Crippen molar-refractivity contribution in [3.63, 3.8) is 0 Å². The number of amides is 1. The van der Waals surface area contributed by atoms with E-state index in [9.17, 15) is 4.79 Å². The molecule has 1 atom stereocenters. The van der Waals surface area contributed by atoms with Gasteiger partial charge >= 0.3 is 0 Å². The van der Waals surface area contributed by atoms with Crippen LogP contribution >= 0.6 is 0 Å². The number of piperidine rings is 1. The van der Waals surface area contributed by atoms with E-state index in [-0.39, 0.29) is 17.4 Å². The Hall–Kier alpha value is -2.53. The fraction of sp³-hybridized carbons (Fsp3) is 0.594. The van der Waals surface area contributed by atoms with Crippen LogP contribution in [0.5, 0.6) is 11.5 Å². The molecule has 2 heterocycles. The van der Waals surface area contributed by atoms with Crippen LogP contribution in [0.3, 0.4) is 0 Å². The summed E-state index contributed by atoms with van der Waals surface area (Å²) in [5.41, 5.74) is 2.31. The number of hydrogen-bond donors (Lipinski definition) is 1. The zero-order valence-corrected chi connectivity index (χ0v) is 23.1. The van der Waals surface area contributed by atoms with Crippen molar-refractivity contribution in [1.29, 1.82) is 0 Å². The van der Waals surface area contributed by atoms with Crippen molar-refractivity contribution in [2.45, 2.75) is 84.7 Å². The Kier molecular flexibility index (Phi) is 9.90. The van der Waals surface area contributed by atoms with E-state index in [1.807, 2.05) is 6.07 Å². The van der Waals surface area contributed by atoms with E-state index in [1.54, 1.807) is 0 Å². The molecule has 5 nitrogen and oxygen atoms in total. The van der Waals surface area contributed by atoms with Crippen LogP contribution in [0, 0.1) is 11.3 Å². The van der Waals surface area contributed by atoms with Gasteiger partial charge in [0.15, 0.2) is 0 Å². The molecular weight excluding hydrogens is 460 g/mol. The van der Waals surface area contributed by atoms with E-state index in [4.69, 9.17) is 9.47 Å². The molecule has 2 aromatic rings. The first-order valence-electron chi connectivity index (χ1n) is 14.4. The standard InChI is InChI=1S/C32H46N2O3/c1-4-21-36-29-14-12-26(13-15-29)23-34-19-17-32(18-20-34)16-8-7-10-27-9-5-6-11-30(27)37-24-28(22-25(2)3)33-31(32)35/h5-6,9,11-15,25,28H,4,7-8,10,16-24H2,1-3H3,(H,33,35)/t28-/m0/s1. The predicted molar refractivity (Wildman–Crippen MR) is 150 cm³/mol. The van der Waals surface area contributed by atoms with Crippen molar-refractivity contribution in [3.8, 4) is 11.5 Å². The van der Waals surface area contributed by atoms with Gasteiger partial charge in [-0.05, 0) is 93.3 Å². The molecule has 0 saturated carbocycles. The highest BCUT2D eigenvalue weighted by Crippen LogP contribution is 2.38. The highest BCUT2D eigenvalue weighted by atomic mass is 16.5. The van der Waals surface area contributed by atoms with Crippen LogP contribution in [0.1, 0.15) is 76.8 Å². The molecule has 37 heavy (non-hydrogen) atoms. The highest BCUT2D eigenvalue weighted by Gasteiger charge is 2.41. The molecular formula is C32H46N2O3. The molecule has 0 aliphatic carbocycles. The average Bonchev–Trinajstić information content (AvgIpc) is 2.90. The summed E-state index contributed by atoms with van der Waals surface area (Å²) in [4.78, 5) is 16.3. The van der Waals surface area contributed by atoms with Gasteiger partial charge in [-0.2, -0.15) is 0 Å². The minimum absolute atomic E-state index is 0.0309. The number of fused-ring (bicyclic) bond motifs is 1. The summed E-state index contributed by atoms with van der Waals surface area (Å²) in [6, 6.07) is 16.9. The lowest BCUT2D eigenvalue weighted by Gasteiger charge is -2.42. The molecule has 0 unspecified atom stereocenters. The van der Waals surface area contributed by atoms with Gasteiger partial charge in [-0.1, -0.05) is 57.5 Å². The summed E-state index contributed by atoms with van der Waals surface area (Å²) in [7, 11) is 0. The maximum atomic E-state index is 13.8. The quantitative estimate of drug-likeness (QED) is 0.472. The SMILES string of the molecule is CCCOc1ccc(CN2CCC3(CCCCc4ccccc4OC[C@H](CC(C)C)NC3=O)CC2)cc1. The number of nitrogens with one attached hydrogen (secondary N) is 1. The van der Waals surface area contributed by atoms with Gasteiger partial charge in [0.25, 0.3) is 0 Å². The van der Waals surface area contributed by atoms with Gasteiger partial charge in [0, 0.05) is 6.54 Å². The van der Waals surface area contributed by atoms with Crippen molar-refractivity contribution < 1.29 is 14.3 Å². The lowest BCUT2D eigenvalue weighted by Crippen LogP contribution is -2.52. The Morgan fingerprint density at radius 2 is 1.81 bits per heavy atom. The normalized spacial score (nSPS) is 20.9. The molecule has 1 fully saturated rings. The van der Waals surface area contributed by atoms with Gasteiger partial charge in [0.2, 0.25) is 5.91 Å². The smallest absolute Gasteiger partial charge is 0.226 e. The van der Waals surface area contributed by atoms with Crippen LogP contribution in [0.25, 0.3) is 0 Å². The van der Waals surface area contributed by atoms with Gasteiger partial charge in [-0.3, -0.25) is 9.69 Å². The maximum absolute atomic E-state index is 13.8. The van der Waals surface area contributed by atoms with Crippen LogP contribution in [-0.2, 0) is 17.8 Å². The van der Waals surface area contributed by atoms with Crippen molar-refractivity contribution in [2.75, 3.05) is 26.3 Å². The minimum Gasteiger partial charge on any atom is -0.494 e. The number of ether oxygens (including phenoxy) is 2. The number of rotatable bonds is 7. The third-order valence-corrected chi connectivity index (χ3v) is 7.95. The number of aryl methyl sites for hydroxylation is 1. The van der Waals surface area contributed by atoms with Crippen LogP contribution < -0.4 is 14.8 Å². The summed E-state index contributed by atoms with van der Waals surface area (Å²) >= 11 is 0. The largest absolute Gasteiger partial charge is 0.494 e. The molecule has 0 bridgehead atoms. The van der Waals surface area contributed by atoms with Gasteiger partial charge in [0.1, 0.15) is 18.1 Å². The Morgan fingerprint density at radius 3 is 2.54 bits per heavy atom. The minimum atomic E-state index is -0.276. The molecule has 4 rings (SSSR count). The first-order valence-corrected chi connectivity index (χ1v) is 14.4. The number of nitrogens with zero attached hydrogens (tertiary/aromatic N) is 1. The Balaban J connectivity index is 1.41. The van der Waals surface area contributed by atoms with Gasteiger partial charge in [-0.15, -0.1) is 0 Å². The summed E-state index contributed by atoms with van der Waals surface area (Å²) in [5.74, 6) is 2.65. The van der Waals surface area contributed by atoms with Crippen LogP contribution in [0.2, 0.25) is 0 Å². The molecule has 2 aliphatic heterocycles. The fourth-order valence-electron chi connectivity index (χ4n) is 5.80. The van der Waals surface area contributed by atoms with E-state index in [0.717, 1.165) is 89.1 Å². The van der Waals surface area contributed by atoms with Crippen LogP contribution in [0.4, 0.5) is 0 Å². The number of carbonyl (C=O) groups is 1. The van der Waals surface area contributed by atoms with Crippen molar-refractivity contribution in [2.24, 2.45) is 11.3 Å². The second-order valence-corrected chi connectivity index (χ2v) is 11.5. The summed E-state index contributed by atoms with van der Waals surface area (Å²) in [5, 5.41) is 3.45. The molecule has 1 N–H and O–H groups in total. The van der Waals surface area contributed by atoms with Gasteiger partial charge in [0.05, 0.1) is 18.1 Å². The molecule has 2 aliphatic rings. The van der Waals surface area contributed by atoms with E-state index in [1.165, 1.54) is 11.1 Å². The second kappa shape index (κ2) is 13.3. The number of carbonyl (C=O) groups excluding carboxylic acids is 1. The lowest BCUT2D eigenvalue weighted by molar-refractivity contribution is -0.136. The Morgan fingerprint density at radius 1 is 1.05 bits per heavy atom. The first-order chi connectivity index (χ1) is 18.0. The molecule has 0 radical (unpaired) electrons. The van der Waals surface area contributed by atoms with Gasteiger partial charge in [-0.25, -0.2) is 0 Å². The number of para-hydroxylation sites is 1. The Bertz CT molecular complexity index is 980. The number of benzene rings is 2. The molecule has 1 spiro atoms. The van der Waals surface area contributed by atoms with Crippen molar-refractivity contribution in [1.82, 2.24) is 10.2 Å². The first kappa shape index (κ1) is 27.5. The number of likely N-dealkylation sites (tertiary alicyclic amines) is 1. The van der Waals surface area contributed by atoms with Crippen molar-refractivity contribution >= 4 is 5.91 Å². The fourth-order valence-corrected chi connectivity index (χ4v) is 5.80. The molecule has 5 heteroatoms. The summed E-state index contributed by atoms with van der Waals surface area (Å²) in [6.45, 7) is 10.7. The molecule has 202 valence electrons. The third-order valence-electron chi connectivity index (χ3n) is 7.95. The predicted octanol–water partition coefficient (Wildman–Crippen LogP) is 6.39. The maximum Gasteiger partial charge on any atom is 0.226 e. The molecule has 1 amide bonds. The van der Waals surface area contributed by atoms with Gasteiger partial charge < -0.3 is 14.8 Å². The summed E-state index contributed by atoms with van der Waals surface area (Å²) in [6.07, 6.45) is 7.90. The van der Waals surface area contributed by atoms with E-state index in [2.05, 4.69) is 73.5 Å². The third kappa shape index (κ3) is 7.73. The molecule has 1 saturated heterocycles. The molecule has 2 aromatic carbocycles. The van der Waals surface area contributed by atoms with Crippen molar-refractivity contribution in [3.05, 3.63) is 59.7 Å². The monoisotopic (exact) mass is 506 g/mol. The van der Waals surface area contributed by atoms with E-state index >= 15 is 0 Å². The van der Waals surface area contributed by atoms with Crippen LogP contribution in [-0.4, -0.2) is 43.2 Å². The van der Waals surface area contributed by atoms with E-state index < -0.39 is 0 Å².